The number of carbonyl (C=O) groups excluding carboxylic acids is 3. The Morgan fingerprint density at radius 1 is 0.364 bits per heavy atom. The van der Waals surface area contributed by atoms with E-state index in [-0.39, 0.29) is 31.1 Å². The molecule has 0 radical (unpaired) electrons. The van der Waals surface area contributed by atoms with Crippen molar-refractivity contribution >= 4 is 17.9 Å². The van der Waals surface area contributed by atoms with Gasteiger partial charge in [-0.1, -0.05) is 233 Å². The van der Waals surface area contributed by atoms with Crippen molar-refractivity contribution in [3.8, 4) is 0 Å². The van der Waals surface area contributed by atoms with Gasteiger partial charge in [0.25, 0.3) is 0 Å². The third-order valence-electron chi connectivity index (χ3n) is 11.4. The molecule has 0 aliphatic rings. The quantitative estimate of drug-likeness (QED) is 0.0348. The third-order valence-corrected chi connectivity index (χ3v) is 11.4. The summed E-state index contributed by atoms with van der Waals surface area (Å²) >= 11 is 0. The largest absolute Gasteiger partial charge is 0.462 e. The summed E-state index contributed by atoms with van der Waals surface area (Å²) in [4.78, 5) is 37.5. The average molecular weight is 779 g/mol. The lowest BCUT2D eigenvalue weighted by molar-refractivity contribution is -0.167. The molecule has 0 aromatic carbocycles. The molecular weight excluding hydrogens is 685 g/mol. The number of hydrogen-bond acceptors (Lipinski definition) is 6. The molecule has 0 rings (SSSR count). The Morgan fingerprint density at radius 3 is 0.945 bits per heavy atom. The summed E-state index contributed by atoms with van der Waals surface area (Å²) in [6, 6.07) is 0. The molecule has 0 saturated heterocycles. The molecule has 0 amide bonds. The first kappa shape index (κ1) is 53.4. The second kappa shape index (κ2) is 43.5. The van der Waals surface area contributed by atoms with Crippen LogP contribution in [0.4, 0.5) is 0 Å². The Bertz CT molecular complexity index is 828. The minimum atomic E-state index is -0.758. The predicted molar refractivity (Wildman–Crippen MR) is 233 cm³/mol. The van der Waals surface area contributed by atoms with Crippen molar-refractivity contribution in [3.05, 3.63) is 0 Å². The fourth-order valence-corrected chi connectivity index (χ4v) is 7.30. The zero-order chi connectivity index (χ0) is 40.3. The number of unbranched alkanes of at least 4 members (excludes halogenated alkanes) is 30. The normalized spacial score (nSPS) is 12.4. The zero-order valence-electron chi connectivity index (χ0n) is 37.4. The van der Waals surface area contributed by atoms with Crippen molar-refractivity contribution in [1.29, 1.82) is 0 Å². The van der Waals surface area contributed by atoms with Gasteiger partial charge >= 0.3 is 17.9 Å². The van der Waals surface area contributed by atoms with Crippen molar-refractivity contribution < 1.29 is 28.6 Å². The molecule has 55 heavy (non-hydrogen) atoms. The zero-order valence-corrected chi connectivity index (χ0v) is 37.4. The van der Waals surface area contributed by atoms with Crippen LogP contribution in [0.25, 0.3) is 0 Å². The molecule has 0 spiro atoms. The van der Waals surface area contributed by atoms with Crippen LogP contribution in [0.3, 0.4) is 0 Å². The van der Waals surface area contributed by atoms with Crippen LogP contribution in [0, 0.1) is 5.92 Å². The number of ether oxygens (including phenoxy) is 3. The molecule has 0 fully saturated rings. The highest BCUT2D eigenvalue weighted by Crippen LogP contribution is 2.17. The Balaban J connectivity index is 4.08. The van der Waals surface area contributed by atoms with E-state index in [0.717, 1.165) is 70.1 Å². The van der Waals surface area contributed by atoms with Gasteiger partial charge in [0.05, 0.1) is 0 Å². The Kier molecular flexibility index (Phi) is 42.3. The summed E-state index contributed by atoms with van der Waals surface area (Å²) in [6.45, 7) is 8.98. The Morgan fingerprint density at radius 2 is 0.636 bits per heavy atom. The fourth-order valence-electron chi connectivity index (χ4n) is 7.30. The minimum absolute atomic E-state index is 0.0647. The number of rotatable bonds is 44. The Hall–Kier alpha value is -1.59. The van der Waals surface area contributed by atoms with Crippen LogP contribution in [0.2, 0.25) is 0 Å². The maximum Gasteiger partial charge on any atom is 0.306 e. The van der Waals surface area contributed by atoms with Crippen LogP contribution in [0.5, 0.6) is 0 Å². The van der Waals surface area contributed by atoms with Crippen molar-refractivity contribution in [1.82, 2.24) is 0 Å². The maximum absolute atomic E-state index is 12.5. The first-order chi connectivity index (χ1) is 26.9. The van der Waals surface area contributed by atoms with Gasteiger partial charge in [0.15, 0.2) is 6.10 Å². The average Bonchev–Trinajstić information content (AvgIpc) is 3.18. The fraction of sp³-hybridized carbons (Fsp3) is 0.939. The van der Waals surface area contributed by atoms with Crippen LogP contribution in [0.1, 0.15) is 272 Å². The summed E-state index contributed by atoms with van der Waals surface area (Å²) in [5.41, 5.74) is 0. The van der Waals surface area contributed by atoms with Gasteiger partial charge in [-0.3, -0.25) is 14.4 Å². The van der Waals surface area contributed by atoms with Gasteiger partial charge in [-0.2, -0.15) is 0 Å². The topological polar surface area (TPSA) is 78.9 Å². The van der Waals surface area contributed by atoms with Gasteiger partial charge in [0.1, 0.15) is 13.2 Å². The second-order valence-corrected chi connectivity index (χ2v) is 17.0. The lowest BCUT2D eigenvalue weighted by Gasteiger charge is -2.18. The van der Waals surface area contributed by atoms with Crippen molar-refractivity contribution in [2.24, 2.45) is 5.92 Å². The molecular formula is C49H94O6. The standard InChI is InChI=1S/C49H94O6/c1-5-8-10-12-13-14-15-16-20-23-26-29-33-36-40-47(50)53-43-46(55-49(52)42-38-31-11-9-6-2)44-54-48(51)41-37-34-30-27-24-21-18-17-19-22-25-28-32-35-39-45(4)7-3/h45-46H,5-44H2,1-4H3/t45?,46-/m0/s1. The van der Waals surface area contributed by atoms with Gasteiger partial charge in [-0.15, -0.1) is 0 Å². The SMILES string of the molecule is CCCCCCCCCCCCCCCCC(=O)OC[C@@H](COC(=O)CCCCCCCCCCCCCCCCC(C)CC)OC(=O)CCCCCCC. The molecule has 0 heterocycles. The summed E-state index contributed by atoms with van der Waals surface area (Å²) in [6.07, 6.45) is 44.0. The molecule has 2 atom stereocenters. The summed E-state index contributed by atoms with van der Waals surface area (Å²) in [5.74, 6) is 0.0321. The smallest absolute Gasteiger partial charge is 0.306 e. The molecule has 0 aromatic heterocycles. The highest BCUT2D eigenvalue weighted by molar-refractivity contribution is 5.71. The van der Waals surface area contributed by atoms with E-state index in [1.807, 2.05) is 0 Å². The van der Waals surface area contributed by atoms with Crippen molar-refractivity contribution in [3.63, 3.8) is 0 Å². The van der Waals surface area contributed by atoms with Gasteiger partial charge in [0, 0.05) is 19.3 Å². The molecule has 0 aliphatic heterocycles. The van der Waals surface area contributed by atoms with E-state index >= 15 is 0 Å². The highest BCUT2D eigenvalue weighted by atomic mass is 16.6. The lowest BCUT2D eigenvalue weighted by atomic mass is 9.99. The van der Waals surface area contributed by atoms with Crippen molar-refractivity contribution in [2.75, 3.05) is 13.2 Å². The van der Waals surface area contributed by atoms with Crippen LogP contribution in [0.15, 0.2) is 0 Å². The molecule has 6 nitrogen and oxygen atoms in total. The molecule has 1 unspecified atom stereocenters. The van der Waals surface area contributed by atoms with Gasteiger partial charge in [-0.05, 0) is 25.2 Å². The van der Waals surface area contributed by atoms with Crippen LogP contribution in [-0.2, 0) is 28.6 Å². The predicted octanol–water partition coefficient (Wildman–Crippen LogP) is 15.5. The number of esters is 3. The summed E-state index contributed by atoms with van der Waals surface area (Å²) in [7, 11) is 0. The maximum atomic E-state index is 12.5. The number of hydrogen-bond donors (Lipinski definition) is 0. The van der Waals surface area contributed by atoms with Crippen LogP contribution in [-0.4, -0.2) is 37.2 Å². The van der Waals surface area contributed by atoms with E-state index in [1.54, 1.807) is 0 Å². The van der Waals surface area contributed by atoms with E-state index in [9.17, 15) is 14.4 Å². The number of carbonyl (C=O) groups is 3. The molecule has 0 aliphatic carbocycles. The lowest BCUT2D eigenvalue weighted by Crippen LogP contribution is -2.30. The third kappa shape index (κ3) is 41.9. The first-order valence-corrected chi connectivity index (χ1v) is 24.4. The van der Waals surface area contributed by atoms with Crippen molar-refractivity contribution in [2.45, 2.75) is 278 Å². The van der Waals surface area contributed by atoms with E-state index in [4.69, 9.17) is 14.2 Å². The van der Waals surface area contributed by atoms with E-state index in [2.05, 4.69) is 27.7 Å². The van der Waals surface area contributed by atoms with Crippen LogP contribution >= 0.6 is 0 Å². The monoisotopic (exact) mass is 779 g/mol. The van der Waals surface area contributed by atoms with E-state index in [0.29, 0.717) is 19.3 Å². The van der Waals surface area contributed by atoms with Gasteiger partial charge in [0.2, 0.25) is 0 Å². The molecule has 0 saturated carbocycles. The molecule has 0 aromatic rings. The van der Waals surface area contributed by atoms with Gasteiger partial charge < -0.3 is 14.2 Å². The summed E-state index contributed by atoms with van der Waals surface area (Å²) in [5, 5.41) is 0. The second-order valence-electron chi connectivity index (χ2n) is 17.0. The highest BCUT2D eigenvalue weighted by Gasteiger charge is 2.19. The molecule has 0 N–H and O–H groups in total. The van der Waals surface area contributed by atoms with E-state index < -0.39 is 6.10 Å². The molecule has 326 valence electrons. The molecule has 0 bridgehead atoms. The first-order valence-electron chi connectivity index (χ1n) is 24.4. The Labute approximate surface area is 342 Å². The summed E-state index contributed by atoms with van der Waals surface area (Å²) < 4.78 is 16.6. The van der Waals surface area contributed by atoms with Gasteiger partial charge in [-0.25, -0.2) is 0 Å². The molecule has 6 heteroatoms. The minimum Gasteiger partial charge on any atom is -0.462 e. The van der Waals surface area contributed by atoms with E-state index in [1.165, 1.54) is 161 Å². The van der Waals surface area contributed by atoms with Crippen LogP contribution < -0.4 is 0 Å².